The predicted octanol–water partition coefficient (Wildman–Crippen LogP) is 2.46. The summed E-state index contributed by atoms with van der Waals surface area (Å²) in [6, 6.07) is -0.671. The summed E-state index contributed by atoms with van der Waals surface area (Å²) in [6.07, 6.45) is 5.02. The molecule has 0 spiro atoms. The first-order chi connectivity index (χ1) is 9.36. The summed E-state index contributed by atoms with van der Waals surface area (Å²) in [5.74, 6) is -0.309. The summed E-state index contributed by atoms with van der Waals surface area (Å²) in [6.45, 7) is 6.55. The van der Waals surface area contributed by atoms with Crippen molar-refractivity contribution in [3.05, 3.63) is 0 Å². The maximum Gasteiger partial charge on any atom is 0.327 e. The second-order valence-corrected chi connectivity index (χ2v) is 6.87. The molecule has 2 rings (SSSR count). The minimum absolute atomic E-state index is 0.200. The van der Waals surface area contributed by atoms with E-state index in [1.54, 1.807) is 0 Å². The van der Waals surface area contributed by atoms with Crippen LogP contribution in [0, 0.1) is 11.3 Å². The number of aliphatic carboxylic acids is 1. The van der Waals surface area contributed by atoms with Crippen molar-refractivity contribution in [2.24, 2.45) is 11.3 Å². The van der Waals surface area contributed by atoms with Gasteiger partial charge in [0.2, 0.25) is 0 Å². The largest absolute Gasteiger partial charge is 0.480 e. The standard InChI is InChI=1S/C15H26N2O3/c1-4-6-10-9-11(10)16-14(20)17-8-5-7-15(2,3)12(17)13(18)19/h10-12H,4-9H2,1-3H3,(H,16,20)(H,18,19). The van der Waals surface area contributed by atoms with Gasteiger partial charge in [-0.15, -0.1) is 0 Å². The van der Waals surface area contributed by atoms with E-state index in [1.807, 2.05) is 13.8 Å². The Morgan fingerprint density at radius 1 is 1.40 bits per heavy atom. The molecule has 114 valence electrons. The van der Waals surface area contributed by atoms with Crippen molar-refractivity contribution in [2.75, 3.05) is 6.54 Å². The fourth-order valence-electron chi connectivity index (χ4n) is 3.43. The van der Waals surface area contributed by atoms with Gasteiger partial charge in [0.15, 0.2) is 0 Å². The Kier molecular flexibility index (Phi) is 4.25. The molecule has 0 aromatic heterocycles. The number of hydrogen-bond acceptors (Lipinski definition) is 2. The van der Waals surface area contributed by atoms with E-state index < -0.39 is 12.0 Å². The summed E-state index contributed by atoms with van der Waals surface area (Å²) in [5, 5.41) is 12.5. The zero-order valence-electron chi connectivity index (χ0n) is 12.7. The summed E-state index contributed by atoms with van der Waals surface area (Å²) >= 11 is 0. The number of nitrogens with one attached hydrogen (secondary N) is 1. The number of carbonyl (C=O) groups excluding carboxylic acids is 1. The van der Waals surface area contributed by atoms with Crippen LogP contribution >= 0.6 is 0 Å². The van der Waals surface area contributed by atoms with E-state index in [2.05, 4.69) is 12.2 Å². The lowest BCUT2D eigenvalue weighted by Crippen LogP contribution is -2.59. The van der Waals surface area contributed by atoms with Crippen molar-refractivity contribution >= 4 is 12.0 Å². The van der Waals surface area contributed by atoms with Gasteiger partial charge in [0.05, 0.1) is 0 Å². The van der Waals surface area contributed by atoms with E-state index in [-0.39, 0.29) is 17.5 Å². The topological polar surface area (TPSA) is 69.6 Å². The molecule has 1 aliphatic heterocycles. The summed E-state index contributed by atoms with van der Waals surface area (Å²) < 4.78 is 0. The molecule has 1 heterocycles. The number of carbonyl (C=O) groups is 2. The molecule has 2 aliphatic rings. The number of urea groups is 1. The van der Waals surface area contributed by atoms with Gasteiger partial charge < -0.3 is 15.3 Å². The van der Waals surface area contributed by atoms with Gasteiger partial charge in [-0.3, -0.25) is 0 Å². The Morgan fingerprint density at radius 2 is 2.10 bits per heavy atom. The Labute approximate surface area is 120 Å². The number of likely N-dealkylation sites (tertiary alicyclic amines) is 1. The molecule has 0 bridgehead atoms. The third-order valence-electron chi connectivity index (χ3n) is 4.66. The lowest BCUT2D eigenvalue weighted by Gasteiger charge is -2.43. The smallest absolute Gasteiger partial charge is 0.327 e. The van der Waals surface area contributed by atoms with Crippen LogP contribution in [0.15, 0.2) is 0 Å². The highest BCUT2D eigenvalue weighted by Crippen LogP contribution is 2.37. The number of hydrogen-bond donors (Lipinski definition) is 2. The van der Waals surface area contributed by atoms with Gasteiger partial charge in [-0.05, 0) is 37.0 Å². The van der Waals surface area contributed by atoms with Gasteiger partial charge in [0, 0.05) is 12.6 Å². The van der Waals surface area contributed by atoms with Crippen molar-refractivity contribution in [2.45, 2.75) is 65.0 Å². The van der Waals surface area contributed by atoms with Crippen LogP contribution in [-0.4, -0.2) is 40.6 Å². The first-order valence-corrected chi connectivity index (χ1v) is 7.66. The van der Waals surface area contributed by atoms with E-state index in [9.17, 15) is 14.7 Å². The lowest BCUT2D eigenvalue weighted by atomic mass is 9.76. The molecule has 2 N–H and O–H groups in total. The fourth-order valence-corrected chi connectivity index (χ4v) is 3.43. The lowest BCUT2D eigenvalue weighted by molar-refractivity contribution is -0.148. The Balaban J connectivity index is 1.99. The van der Waals surface area contributed by atoms with Gasteiger partial charge in [0.25, 0.3) is 0 Å². The van der Waals surface area contributed by atoms with Crippen molar-refractivity contribution in [1.29, 1.82) is 0 Å². The van der Waals surface area contributed by atoms with Gasteiger partial charge >= 0.3 is 12.0 Å². The molecule has 0 aromatic rings. The molecule has 3 atom stereocenters. The summed E-state index contributed by atoms with van der Waals surface area (Å²) in [5.41, 5.74) is -0.367. The third kappa shape index (κ3) is 3.07. The molecule has 0 aromatic carbocycles. The van der Waals surface area contributed by atoms with Gasteiger partial charge in [-0.1, -0.05) is 27.2 Å². The molecular formula is C15H26N2O3. The molecule has 1 saturated carbocycles. The molecule has 2 amide bonds. The highest BCUT2D eigenvalue weighted by Gasteiger charge is 2.46. The molecule has 0 radical (unpaired) electrons. The number of carboxylic acid groups (broad SMARTS) is 1. The fraction of sp³-hybridized carbons (Fsp3) is 0.867. The Morgan fingerprint density at radius 3 is 2.70 bits per heavy atom. The van der Waals surface area contributed by atoms with Crippen LogP contribution in [0.25, 0.3) is 0 Å². The van der Waals surface area contributed by atoms with Crippen molar-refractivity contribution in [1.82, 2.24) is 10.2 Å². The molecule has 2 fully saturated rings. The monoisotopic (exact) mass is 282 g/mol. The van der Waals surface area contributed by atoms with E-state index in [1.165, 1.54) is 4.90 Å². The minimum atomic E-state index is -0.897. The maximum absolute atomic E-state index is 12.4. The van der Waals surface area contributed by atoms with E-state index >= 15 is 0 Å². The van der Waals surface area contributed by atoms with Crippen molar-refractivity contribution < 1.29 is 14.7 Å². The molecule has 20 heavy (non-hydrogen) atoms. The zero-order chi connectivity index (χ0) is 14.9. The van der Waals surface area contributed by atoms with E-state index in [4.69, 9.17) is 0 Å². The van der Waals surface area contributed by atoms with Gasteiger partial charge in [0.1, 0.15) is 6.04 Å². The highest BCUT2D eigenvalue weighted by atomic mass is 16.4. The Hall–Kier alpha value is -1.26. The molecule has 1 saturated heterocycles. The maximum atomic E-state index is 12.4. The summed E-state index contributed by atoms with van der Waals surface area (Å²) in [4.78, 5) is 25.4. The van der Waals surface area contributed by atoms with E-state index in [0.29, 0.717) is 12.5 Å². The molecule has 5 heteroatoms. The van der Waals surface area contributed by atoms with Crippen LogP contribution in [0.2, 0.25) is 0 Å². The average molecular weight is 282 g/mol. The predicted molar refractivity (Wildman–Crippen MR) is 76.5 cm³/mol. The zero-order valence-corrected chi connectivity index (χ0v) is 12.7. The SMILES string of the molecule is CCCC1CC1NC(=O)N1CCCC(C)(C)C1C(=O)O. The number of amides is 2. The minimum Gasteiger partial charge on any atom is -0.480 e. The number of rotatable bonds is 4. The normalized spacial score (nSPS) is 31.8. The van der Waals surface area contributed by atoms with Crippen LogP contribution < -0.4 is 5.32 Å². The second-order valence-electron chi connectivity index (χ2n) is 6.87. The van der Waals surface area contributed by atoms with Gasteiger partial charge in [-0.25, -0.2) is 9.59 Å². The van der Waals surface area contributed by atoms with Crippen LogP contribution in [-0.2, 0) is 4.79 Å². The first kappa shape index (κ1) is 15.1. The molecular weight excluding hydrogens is 256 g/mol. The molecule has 3 unspecified atom stereocenters. The average Bonchev–Trinajstić information content (AvgIpc) is 3.05. The molecule has 1 aliphatic carbocycles. The van der Waals surface area contributed by atoms with Crippen LogP contribution in [0.1, 0.15) is 52.9 Å². The second kappa shape index (κ2) is 5.62. The number of nitrogens with zero attached hydrogens (tertiary/aromatic N) is 1. The Bertz CT molecular complexity index is 395. The van der Waals surface area contributed by atoms with E-state index in [0.717, 1.165) is 32.1 Å². The highest BCUT2D eigenvalue weighted by molar-refractivity contribution is 5.84. The van der Waals surface area contributed by atoms with Crippen LogP contribution in [0.5, 0.6) is 0 Å². The summed E-state index contributed by atoms with van der Waals surface area (Å²) in [7, 11) is 0. The van der Waals surface area contributed by atoms with Crippen molar-refractivity contribution in [3.8, 4) is 0 Å². The van der Waals surface area contributed by atoms with Crippen molar-refractivity contribution in [3.63, 3.8) is 0 Å². The first-order valence-electron chi connectivity index (χ1n) is 7.66. The number of carboxylic acids is 1. The van der Waals surface area contributed by atoms with Gasteiger partial charge in [-0.2, -0.15) is 0 Å². The van der Waals surface area contributed by atoms with Crippen LogP contribution in [0.4, 0.5) is 4.79 Å². The molecule has 5 nitrogen and oxygen atoms in total. The third-order valence-corrected chi connectivity index (χ3v) is 4.66. The quantitative estimate of drug-likeness (QED) is 0.832. The number of piperidine rings is 1. The van der Waals surface area contributed by atoms with Crippen LogP contribution in [0.3, 0.4) is 0 Å².